The van der Waals surface area contributed by atoms with Crippen LogP contribution < -0.4 is 0 Å². The number of carbonyl (C=O) groups is 1. The lowest BCUT2D eigenvalue weighted by Crippen LogP contribution is -2.19. The molecule has 2 heteroatoms. The topological polar surface area (TPSA) is 26.3 Å². The average Bonchev–Trinajstić information content (AvgIpc) is 2.49. The molecule has 0 fully saturated rings. The molecule has 0 radical (unpaired) electrons. The number of rotatable bonds is 0. The Morgan fingerprint density at radius 1 is 1.12 bits per heavy atom. The van der Waals surface area contributed by atoms with Crippen LogP contribution in [0.5, 0.6) is 0 Å². The first-order valence-corrected chi connectivity index (χ1v) is 5.45. The van der Waals surface area contributed by atoms with Gasteiger partial charge in [-0.05, 0) is 5.56 Å². The summed E-state index contributed by atoms with van der Waals surface area (Å²) < 4.78 is 5.61. The summed E-state index contributed by atoms with van der Waals surface area (Å²) in [6.45, 7) is 0.177. The Bertz CT molecular complexity index is 485. The zero-order valence-corrected chi connectivity index (χ0v) is 8.80. The van der Waals surface area contributed by atoms with Gasteiger partial charge < -0.3 is 4.74 Å². The third-order valence-electron chi connectivity index (χ3n) is 3.11. The van der Waals surface area contributed by atoms with E-state index in [1.54, 1.807) is 0 Å². The van der Waals surface area contributed by atoms with Gasteiger partial charge in [-0.1, -0.05) is 48.6 Å². The van der Waals surface area contributed by atoms with Crippen LogP contribution in [0.25, 0.3) is 0 Å². The van der Waals surface area contributed by atoms with Crippen LogP contribution in [0.1, 0.15) is 21.8 Å². The molecule has 2 unspecified atom stereocenters. The third-order valence-corrected chi connectivity index (χ3v) is 3.11. The minimum Gasteiger partial charge on any atom is -0.365 e. The van der Waals surface area contributed by atoms with E-state index < -0.39 is 0 Å². The third kappa shape index (κ3) is 1.42. The van der Waals surface area contributed by atoms with Gasteiger partial charge in [0.05, 0.1) is 6.10 Å². The van der Waals surface area contributed by atoms with Gasteiger partial charge >= 0.3 is 0 Å². The molecule has 2 nitrogen and oxygen atoms in total. The van der Waals surface area contributed by atoms with E-state index in [0.29, 0.717) is 0 Å². The van der Waals surface area contributed by atoms with Crippen LogP contribution in [0, 0.1) is 0 Å². The van der Waals surface area contributed by atoms with Crippen LogP contribution >= 0.6 is 0 Å². The second kappa shape index (κ2) is 3.72. The Balaban J connectivity index is 2.15. The van der Waals surface area contributed by atoms with Gasteiger partial charge in [-0.2, -0.15) is 0 Å². The van der Waals surface area contributed by atoms with E-state index in [4.69, 9.17) is 4.74 Å². The van der Waals surface area contributed by atoms with Crippen LogP contribution in [0.2, 0.25) is 0 Å². The number of ketones is 1. The lowest BCUT2D eigenvalue weighted by Gasteiger charge is -2.22. The van der Waals surface area contributed by atoms with Gasteiger partial charge in [-0.25, -0.2) is 0 Å². The zero-order valence-electron chi connectivity index (χ0n) is 8.80. The van der Waals surface area contributed by atoms with E-state index in [1.165, 1.54) is 0 Å². The Morgan fingerprint density at radius 2 is 1.94 bits per heavy atom. The maximum Gasteiger partial charge on any atom is 0.188 e. The Kier molecular flexibility index (Phi) is 2.22. The van der Waals surface area contributed by atoms with Crippen molar-refractivity contribution in [1.82, 2.24) is 0 Å². The second-order valence-electron chi connectivity index (χ2n) is 4.08. The molecule has 0 spiro atoms. The highest BCUT2D eigenvalue weighted by molar-refractivity contribution is 5.99. The van der Waals surface area contributed by atoms with Crippen molar-refractivity contribution in [2.45, 2.75) is 12.0 Å². The Hall–Kier alpha value is -1.67. The van der Waals surface area contributed by atoms with Gasteiger partial charge in [-0.15, -0.1) is 0 Å². The summed E-state index contributed by atoms with van der Waals surface area (Å²) in [5, 5.41) is 0. The molecule has 1 aromatic rings. The smallest absolute Gasteiger partial charge is 0.188 e. The molecule has 0 saturated heterocycles. The summed E-state index contributed by atoms with van der Waals surface area (Å²) in [7, 11) is 0. The van der Waals surface area contributed by atoms with Crippen LogP contribution in [0.3, 0.4) is 0 Å². The second-order valence-corrected chi connectivity index (χ2v) is 4.08. The van der Waals surface area contributed by atoms with Crippen molar-refractivity contribution in [3.05, 3.63) is 59.7 Å². The zero-order chi connectivity index (χ0) is 11.0. The lowest BCUT2D eigenvalue weighted by atomic mass is 9.87. The molecule has 0 amide bonds. The summed E-state index contributed by atoms with van der Waals surface area (Å²) in [4.78, 5) is 11.9. The van der Waals surface area contributed by atoms with E-state index in [9.17, 15) is 4.79 Å². The molecule has 0 saturated carbocycles. The maximum atomic E-state index is 11.9. The highest BCUT2D eigenvalue weighted by Gasteiger charge is 2.29. The van der Waals surface area contributed by atoms with Crippen LogP contribution in [0.4, 0.5) is 0 Å². The van der Waals surface area contributed by atoms with E-state index in [2.05, 4.69) is 6.08 Å². The van der Waals surface area contributed by atoms with Crippen LogP contribution in [-0.2, 0) is 4.74 Å². The van der Waals surface area contributed by atoms with Crippen molar-refractivity contribution in [3.63, 3.8) is 0 Å². The van der Waals surface area contributed by atoms with Gasteiger partial charge in [0.1, 0.15) is 6.61 Å². The quantitative estimate of drug-likeness (QED) is 0.660. The van der Waals surface area contributed by atoms with Crippen molar-refractivity contribution in [1.29, 1.82) is 0 Å². The monoisotopic (exact) mass is 212 g/mol. The van der Waals surface area contributed by atoms with Crippen LogP contribution in [-0.4, -0.2) is 18.5 Å². The van der Waals surface area contributed by atoms with E-state index in [1.807, 2.05) is 42.5 Å². The molecular formula is C14H12O2. The molecular weight excluding hydrogens is 200 g/mol. The fraction of sp³-hybridized carbons (Fsp3) is 0.214. The molecule has 1 aliphatic heterocycles. The first kappa shape index (κ1) is 9.55. The largest absolute Gasteiger partial charge is 0.365 e. The average molecular weight is 212 g/mol. The number of carbonyl (C=O) groups excluding carboxylic acids is 1. The standard InChI is InChI=1S/C14H12O2/c15-13-9-16-14-8-4-3-7-12(14)10-5-1-2-6-11(10)13/h1-8,12,14H,9H2. The minimum atomic E-state index is -0.00222. The normalized spacial score (nSPS) is 27.1. The molecule has 2 aliphatic rings. The summed E-state index contributed by atoms with van der Waals surface area (Å²) in [6, 6.07) is 7.78. The molecule has 16 heavy (non-hydrogen) atoms. The summed E-state index contributed by atoms with van der Waals surface area (Å²) in [5.74, 6) is 0.249. The van der Waals surface area contributed by atoms with Gasteiger partial charge in [0.25, 0.3) is 0 Å². The van der Waals surface area contributed by atoms with Gasteiger partial charge in [-0.3, -0.25) is 4.79 Å². The van der Waals surface area contributed by atoms with Crippen molar-refractivity contribution in [3.8, 4) is 0 Å². The molecule has 0 N–H and O–H groups in total. The summed E-state index contributed by atoms with van der Waals surface area (Å²) >= 11 is 0. The summed E-state index contributed by atoms with van der Waals surface area (Å²) in [5.41, 5.74) is 1.88. The molecule has 1 heterocycles. The lowest BCUT2D eigenvalue weighted by molar-refractivity contribution is 0.0611. The molecule has 80 valence electrons. The minimum absolute atomic E-state index is 0.00222. The number of fused-ring (bicyclic) bond motifs is 3. The highest BCUT2D eigenvalue weighted by atomic mass is 16.5. The fourth-order valence-corrected chi connectivity index (χ4v) is 2.32. The molecule has 0 bridgehead atoms. The summed E-state index contributed by atoms with van der Waals surface area (Å²) in [6.07, 6.45) is 8.09. The first-order valence-electron chi connectivity index (χ1n) is 5.45. The molecule has 3 rings (SSSR count). The molecule has 1 aliphatic carbocycles. The predicted octanol–water partition coefficient (Wildman–Crippen LogP) is 2.48. The predicted molar refractivity (Wildman–Crippen MR) is 61.5 cm³/mol. The van der Waals surface area contributed by atoms with E-state index >= 15 is 0 Å². The maximum absolute atomic E-state index is 11.9. The molecule has 2 atom stereocenters. The fourth-order valence-electron chi connectivity index (χ4n) is 2.32. The van der Waals surface area contributed by atoms with E-state index in [-0.39, 0.29) is 24.4 Å². The number of Topliss-reactive ketones (excluding diaryl/α,β-unsaturated/α-hetero) is 1. The molecule has 1 aromatic carbocycles. The SMILES string of the molecule is O=C1COC2C=CC=CC2c2ccccc21. The van der Waals surface area contributed by atoms with Gasteiger partial charge in [0.15, 0.2) is 5.78 Å². The number of hydrogen-bond acceptors (Lipinski definition) is 2. The number of allylic oxidation sites excluding steroid dienone is 2. The Morgan fingerprint density at radius 3 is 2.88 bits per heavy atom. The van der Waals surface area contributed by atoms with Crippen molar-refractivity contribution in [2.24, 2.45) is 0 Å². The first-order chi connectivity index (χ1) is 7.86. The Labute approximate surface area is 94.2 Å². The van der Waals surface area contributed by atoms with Crippen LogP contribution in [0.15, 0.2) is 48.6 Å². The van der Waals surface area contributed by atoms with Crippen molar-refractivity contribution >= 4 is 5.78 Å². The van der Waals surface area contributed by atoms with Gasteiger partial charge in [0, 0.05) is 11.5 Å². The number of benzene rings is 1. The van der Waals surface area contributed by atoms with Crippen molar-refractivity contribution < 1.29 is 9.53 Å². The number of hydrogen-bond donors (Lipinski definition) is 0. The molecule has 0 aromatic heterocycles. The highest BCUT2D eigenvalue weighted by Crippen LogP contribution is 2.32. The van der Waals surface area contributed by atoms with E-state index in [0.717, 1.165) is 11.1 Å². The van der Waals surface area contributed by atoms with Crippen molar-refractivity contribution in [2.75, 3.05) is 6.61 Å². The number of ether oxygens (including phenoxy) is 1. The van der Waals surface area contributed by atoms with Gasteiger partial charge in [0.2, 0.25) is 0 Å².